The molecule has 1 aliphatic heterocycles. The van der Waals surface area contributed by atoms with Gasteiger partial charge in [-0.15, -0.1) is 0 Å². The number of hydrogen-bond donors (Lipinski definition) is 1. The van der Waals surface area contributed by atoms with E-state index in [1.807, 2.05) is 6.20 Å². The van der Waals surface area contributed by atoms with E-state index >= 15 is 0 Å². The molecule has 3 heterocycles. The van der Waals surface area contributed by atoms with E-state index in [0.29, 0.717) is 6.04 Å². The first kappa shape index (κ1) is 13.5. The van der Waals surface area contributed by atoms with E-state index in [9.17, 15) is 0 Å². The topological polar surface area (TPSA) is 31.9 Å². The van der Waals surface area contributed by atoms with Gasteiger partial charge in [0.2, 0.25) is 0 Å². The van der Waals surface area contributed by atoms with Crippen LogP contribution >= 0.6 is 0 Å². The molecule has 3 aromatic rings. The fourth-order valence-corrected chi connectivity index (χ4v) is 3.67. The van der Waals surface area contributed by atoms with Crippen molar-refractivity contribution in [3.8, 4) is 11.3 Å². The Morgan fingerprint density at radius 3 is 3.09 bits per heavy atom. The van der Waals surface area contributed by atoms with Crippen molar-refractivity contribution in [2.24, 2.45) is 0 Å². The molecule has 0 amide bonds. The molecule has 3 nitrogen and oxygen atoms in total. The van der Waals surface area contributed by atoms with Crippen LogP contribution in [0.5, 0.6) is 0 Å². The number of pyridine rings is 1. The Hall–Kier alpha value is -2.13. The van der Waals surface area contributed by atoms with Crippen LogP contribution in [0.15, 0.2) is 48.8 Å². The molecule has 1 fully saturated rings. The van der Waals surface area contributed by atoms with Crippen LogP contribution in [-0.4, -0.2) is 28.0 Å². The number of para-hydroxylation sites is 1. The molecule has 1 aromatic carbocycles. The Morgan fingerprint density at radius 1 is 1.27 bits per heavy atom. The van der Waals surface area contributed by atoms with E-state index in [2.05, 4.69) is 64.4 Å². The predicted molar refractivity (Wildman–Crippen MR) is 90.8 cm³/mol. The van der Waals surface area contributed by atoms with Crippen molar-refractivity contribution < 1.29 is 0 Å². The van der Waals surface area contributed by atoms with Crippen LogP contribution in [0.3, 0.4) is 0 Å². The van der Waals surface area contributed by atoms with Gasteiger partial charge < -0.3 is 4.98 Å². The average molecular weight is 291 g/mol. The number of rotatable bonds is 3. The fraction of sp³-hybridized carbons (Fsp3) is 0.316. The normalized spacial score (nSPS) is 19.0. The Kier molecular flexibility index (Phi) is 3.43. The van der Waals surface area contributed by atoms with Crippen molar-refractivity contribution in [3.05, 3.63) is 54.4 Å². The fourth-order valence-electron chi connectivity index (χ4n) is 3.67. The maximum atomic E-state index is 4.62. The van der Waals surface area contributed by atoms with Gasteiger partial charge in [-0.1, -0.05) is 25.1 Å². The molecule has 1 unspecified atom stereocenters. The lowest BCUT2D eigenvalue weighted by Crippen LogP contribution is -2.22. The minimum atomic E-state index is 0.553. The molecule has 22 heavy (non-hydrogen) atoms. The highest BCUT2D eigenvalue weighted by Gasteiger charge is 2.24. The van der Waals surface area contributed by atoms with Gasteiger partial charge in [-0.3, -0.25) is 9.88 Å². The lowest BCUT2D eigenvalue weighted by atomic mass is 10.0. The van der Waals surface area contributed by atoms with Crippen molar-refractivity contribution in [2.75, 3.05) is 13.1 Å². The number of nitrogens with one attached hydrogen (secondary N) is 1. The zero-order valence-electron chi connectivity index (χ0n) is 12.9. The van der Waals surface area contributed by atoms with Gasteiger partial charge in [0, 0.05) is 34.9 Å². The van der Waals surface area contributed by atoms with Crippen LogP contribution in [0.2, 0.25) is 0 Å². The summed E-state index contributed by atoms with van der Waals surface area (Å²) < 4.78 is 0. The molecule has 1 N–H and O–H groups in total. The number of fused-ring (bicyclic) bond motifs is 1. The zero-order valence-corrected chi connectivity index (χ0v) is 12.9. The third kappa shape index (κ3) is 2.22. The molecular formula is C19H21N3. The van der Waals surface area contributed by atoms with Crippen LogP contribution in [0.4, 0.5) is 0 Å². The molecule has 0 bridgehead atoms. The van der Waals surface area contributed by atoms with Crippen LogP contribution in [0.25, 0.3) is 22.2 Å². The minimum absolute atomic E-state index is 0.553. The Bertz CT molecular complexity index is 790. The van der Waals surface area contributed by atoms with Crippen LogP contribution in [0.1, 0.15) is 31.4 Å². The summed E-state index contributed by atoms with van der Waals surface area (Å²) in [7, 11) is 0. The summed E-state index contributed by atoms with van der Waals surface area (Å²) in [6.45, 7) is 4.58. The monoisotopic (exact) mass is 291 g/mol. The first-order chi connectivity index (χ1) is 10.9. The molecule has 3 heteroatoms. The van der Waals surface area contributed by atoms with Crippen LogP contribution in [-0.2, 0) is 0 Å². The van der Waals surface area contributed by atoms with Gasteiger partial charge in [0.05, 0.1) is 5.69 Å². The quantitative estimate of drug-likeness (QED) is 0.776. The third-order valence-corrected chi connectivity index (χ3v) is 4.80. The van der Waals surface area contributed by atoms with Gasteiger partial charge in [0.1, 0.15) is 0 Å². The molecule has 1 aliphatic rings. The van der Waals surface area contributed by atoms with E-state index in [1.54, 1.807) is 0 Å². The highest BCUT2D eigenvalue weighted by Crippen LogP contribution is 2.34. The molecule has 0 aliphatic carbocycles. The second-order valence-corrected chi connectivity index (χ2v) is 6.01. The van der Waals surface area contributed by atoms with Crippen molar-refractivity contribution >= 4 is 10.9 Å². The Balaban J connectivity index is 1.76. The molecule has 0 radical (unpaired) electrons. The maximum Gasteiger partial charge on any atom is 0.0726 e. The van der Waals surface area contributed by atoms with Crippen molar-refractivity contribution in [1.29, 1.82) is 0 Å². The molecule has 2 aromatic heterocycles. The average Bonchev–Trinajstić information content (AvgIpc) is 3.21. The smallest absolute Gasteiger partial charge is 0.0726 e. The molecule has 1 atom stereocenters. The van der Waals surface area contributed by atoms with E-state index in [0.717, 1.165) is 12.2 Å². The summed E-state index contributed by atoms with van der Waals surface area (Å²) in [5.41, 5.74) is 4.83. The summed E-state index contributed by atoms with van der Waals surface area (Å²) in [5.74, 6) is 0. The second kappa shape index (κ2) is 5.58. The maximum absolute atomic E-state index is 4.62. The third-order valence-electron chi connectivity index (χ3n) is 4.80. The lowest BCUT2D eigenvalue weighted by molar-refractivity contribution is 0.271. The summed E-state index contributed by atoms with van der Waals surface area (Å²) in [6.07, 6.45) is 6.58. The first-order valence-electron chi connectivity index (χ1n) is 8.13. The van der Waals surface area contributed by atoms with E-state index in [1.165, 1.54) is 41.4 Å². The van der Waals surface area contributed by atoms with Crippen LogP contribution in [0, 0.1) is 0 Å². The molecule has 0 saturated carbocycles. The van der Waals surface area contributed by atoms with Gasteiger partial charge in [-0.05, 0) is 49.7 Å². The van der Waals surface area contributed by atoms with Crippen molar-refractivity contribution in [3.63, 3.8) is 0 Å². The standard InChI is InChI=1S/C19H21N3/c1-2-22-11-5-8-19(22)14-9-10-20-18(12-14)16-13-21-17-7-4-3-6-15(16)17/h3-4,6-7,9-10,12-13,19,21H,2,5,8,11H2,1H3. The number of likely N-dealkylation sites (tertiary alicyclic amines) is 1. The lowest BCUT2D eigenvalue weighted by Gasteiger charge is -2.23. The van der Waals surface area contributed by atoms with Crippen molar-refractivity contribution in [2.45, 2.75) is 25.8 Å². The van der Waals surface area contributed by atoms with Gasteiger partial charge >= 0.3 is 0 Å². The number of hydrogen-bond acceptors (Lipinski definition) is 2. The number of H-pyrrole nitrogens is 1. The number of aromatic nitrogens is 2. The van der Waals surface area contributed by atoms with E-state index < -0.39 is 0 Å². The highest BCUT2D eigenvalue weighted by atomic mass is 15.2. The highest BCUT2D eigenvalue weighted by molar-refractivity contribution is 5.94. The largest absolute Gasteiger partial charge is 0.360 e. The number of nitrogens with zero attached hydrogens (tertiary/aromatic N) is 2. The van der Waals surface area contributed by atoms with Gasteiger partial charge in [-0.2, -0.15) is 0 Å². The van der Waals surface area contributed by atoms with E-state index in [-0.39, 0.29) is 0 Å². The number of benzene rings is 1. The molecule has 0 spiro atoms. The molecule has 1 saturated heterocycles. The summed E-state index contributed by atoms with van der Waals surface area (Å²) in [4.78, 5) is 10.5. The number of aromatic amines is 1. The van der Waals surface area contributed by atoms with E-state index in [4.69, 9.17) is 0 Å². The van der Waals surface area contributed by atoms with Crippen molar-refractivity contribution in [1.82, 2.24) is 14.9 Å². The van der Waals surface area contributed by atoms with Gasteiger partial charge in [-0.25, -0.2) is 0 Å². The zero-order chi connectivity index (χ0) is 14.9. The molecule has 4 rings (SSSR count). The SMILES string of the molecule is CCN1CCCC1c1ccnc(-c2c[nH]c3ccccc23)c1. The first-order valence-corrected chi connectivity index (χ1v) is 8.13. The van der Waals surface area contributed by atoms with Gasteiger partial charge in [0.25, 0.3) is 0 Å². The Labute approximate surface area is 131 Å². The molecule has 112 valence electrons. The summed E-state index contributed by atoms with van der Waals surface area (Å²) in [6, 6.07) is 13.4. The molecular weight excluding hydrogens is 270 g/mol. The van der Waals surface area contributed by atoms with Gasteiger partial charge in [0.15, 0.2) is 0 Å². The van der Waals surface area contributed by atoms with Crippen LogP contribution < -0.4 is 0 Å². The second-order valence-electron chi connectivity index (χ2n) is 6.01. The minimum Gasteiger partial charge on any atom is -0.360 e. The Morgan fingerprint density at radius 2 is 2.18 bits per heavy atom. The summed E-state index contributed by atoms with van der Waals surface area (Å²) in [5, 5.41) is 1.24. The predicted octanol–water partition coefficient (Wildman–Crippen LogP) is 4.39. The summed E-state index contributed by atoms with van der Waals surface area (Å²) >= 11 is 0.